The molecule has 0 unspecified atom stereocenters. The molecule has 1 aliphatic heterocycles. The van der Waals surface area contributed by atoms with E-state index in [4.69, 9.17) is 0 Å². The first-order chi connectivity index (χ1) is 16.2. The summed E-state index contributed by atoms with van der Waals surface area (Å²) >= 11 is 0. The zero-order valence-electron chi connectivity index (χ0n) is 19.1. The van der Waals surface area contributed by atoms with Crippen LogP contribution in [-0.4, -0.2) is 63.7 Å². The van der Waals surface area contributed by atoms with Gasteiger partial charge in [-0.05, 0) is 37.2 Å². The predicted octanol–water partition coefficient (Wildman–Crippen LogP) is 3.27. The van der Waals surface area contributed by atoms with Gasteiger partial charge in [-0.15, -0.1) is 0 Å². The number of alkyl halides is 3. The van der Waals surface area contributed by atoms with Gasteiger partial charge >= 0.3 is 6.18 Å². The second-order valence-corrected chi connectivity index (χ2v) is 8.54. The Morgan fingerprint density at radius 3 is 2.47 bits per heavy atom. The lowest BCUT2D eigenvalue weighted by molar-refractivity contribution is -0.137. The molecule has 0 aliphatic carbocycles. The van der Waals surface area contributed by atoms with E-state index >= 15 is 0 Å². The molecule has 4 rings (SSSR count). The molecule has 0 atom stereocenters. The van der Waals surface area contributed by atoms with Gasteiger partial charge in [-0.25, -0.2) is 9.67 Å². The molecule has 34 heavy (non-hydrogen) atoms. The van der Waals surface area contributed by atoms with E-state index in [-0.39, 0.29) is 11.7 Å². The fourth-order valence-electron chi connectivity index (χ4n) is 3.92. The van der Waals surface area contributed by atoms with Crippen molar-refractivity contribution in [3.05, 3.63) is 76.7 Å². The van der Waals surface area contributed by atoms with Crippen LogP contribution >= 0.6 is 0 Å². The minimum Gasteiger partial charge on any atom is -0.348 e. The topological polar surface area (TPSA) is 66.3 Å². The van der Waals surface area contributed by atoms with Crippen LogP contribution in [0.4, 0.5) is 13.2 Å². The van der Waals surface area contributed by atoms with Crippen molar-refractivity contribution >= 4 is 5.91 Å². The van der Waals surface area contributed by atoms with Crippen molar-refractivity contribution in [1.29, 1.82) is 0 Å². The number of rotatable bonds is 6. The van der Waals surface area contributed by atoms with Gasteiger partial charge in [0.25, 0.3) is 5.91 Å². The first-order valence-corrected chi connectivity index (χ1v) is 11.1. The molecule has 10 heteroatoms. The van der Waals surface area contributed by atoms with Gasteiger partial charge in [0.15, 0.2) is 5.82 Å². The molecule has 1 aromatic carbocycles. The molecule has 1 saturated heterocycles. The summed E-state index contributed by atoms with van der Waals surface area (Å²) < 4.78 is 39.7. The summed E-state index contributed by atoms with van der Waals surface area (Å²) in [7, 11) is 2.13. The minimum atomic E-state index is -4.46. The van der Waals surface area contributed by atoms with E-state index in [1.807, 2.05) is 12.1 Å². The van der Waals surface area contributed by atoms with Crippen molar-refractivity contribution in [2.75, 3.05) is 33.2 Å². The average Bonchev–Trinajstić information content (AvgIpc) is 3.20. The summed E-state index contributed by atoms with van der Waals surface area (Å²) in [6, 6.07) is 10.3. The summed E-state index contributed by atoms with van der Waals surface area (Å²) in [5.74, 6) is -0.0960. The van der Waals surface area contributed by atoms with Gasteiger partial charge in [-0.3, -0.25) is 9.69 Å². The van der Waals surface area contributed by atoms with Crippen LogP contribution in [0.1, 0.15) is 32.7 Å². The number of carbonyl (C=O) groups is 1. The molecule has 0 spiro atoms. The van der Waals surface area contributed by atoms with Gasteiger partial charge < -0.3 is 10.2 Å². The van der Waals surface area contributed by atoms with Gasteiger partial charge in [0.05, 0.1) is 23.0 Å². The largest absolute Gasteiger partial charge is 0.417 e. The lowest BCUT2D eigenvalue weighted by Crippen LogP contribution is -2.43. The molecule has 3 heterocycles. The Bertz CT molecular complexity index is 1130. The Morgan fingerprint density at radius 2 is 1.79 bits per heavy atom. The van der Waals surface area contributed by atoms with Crippen LogP contribution in [0, 0.1) is 6.92 Å². The van der Waals surface area contributed by atoms with Gasteiger partial charge in [0.1, 0.15) is 0 Å². The molecule has 0 radical (unpaired) electrons. The van der Waals surface area contributed by atoms with Crippen molar-refractivity contribution in [3.8, 4) is 5.82 Å². The van der Waals surface area contributed by atoms with E-state index in [0.29, 0.717) is 17.8 Å². The number of pyridine rings is 1. The number of piperazine rings is 1. The highest BCUT2D eigenvalue weighted by Crippen LogP contribution is 2.28. The predicted molar refractivity (Wildman–Crippen MR) is 121 cm³/mol. The Morgan fingerprint density at radius 1 is 1.06 bits per heavy atom. The Balaban J connectivity index is 1.38. The standard InChI is InChI=1S/C24H27F3N6O/c1-17-21(15-30-33(17)22-7-6-20(14-28-22)24(25,26)27)23(34)29-13-18-4-3-5-19(12-18)16-32-10-8-31(2)9-11-32/h3-7,12,14-15H,8-11,13,16H2,1-2H3,(H,29,34). The van der Waals surface area contributed by atoms with Crippen LogP contribution < -0.4 is 5.32 Å². The smallest absolute Gasteiger partial charge is 0.348 e. The molecule has 1 amide bonds. The van der Waals surface area contributed by atoms with Gasteiger partial charge in [0.2, 0.25) is 0 Å². The van der Waals surface area contributed by atoms with E-state index < -0.39 is 11.7 Å². The number of aromatic nitrogens is 3. The maximum Gasteiger partial charge on any atom is 0.417 e. The maximum atomic E-state index is 12.8. The summed E-state index contributed by atoms with van der Waals surface area (Å²) in [6.07, 6.45) is -2.31. The van der Waals surface area contributed by atoms with Crippen LogP contribution in [0.25, 0.3) is 5.82 Å². The third-order valence-corrected chi connectivity index (χ3v) is 5.99. The van der Waals surface area contributed by atoms with Crippen LogP contribution in [0.5, 0.6) is 0 Å². The number of benzene rings is 1. The second kappa shape index (κ2) is 9.94. The van der Waals surface area contributed by atoms with Crippen LogP contribution in [0.2, 0.25) is 0 Å². The molecule has 1 aliphatic rings. The molecule has 3 aromatic rings. The Labute approximate surface area is 196 Å². The van der Waals surface area contributed by atoms with Crippen molar-refractivity contribution in [2.24, 2.45) is 0 Å². The maximum absolute atomic E-state index is 12.8. The van der Waals surface area contributed by atoms with E-state index in [0.717, 1.165) is 50.6 Å². The normalized spacial score (nSPS) is 15.4. The number of carbonyl (C=O) groups excluding carboxylic acids is 1. The number of amides is 1. The SMILES string of the molecule is Cc1c(C(=O)NCc2cccc(CN3CCN(C)CC3)c2)cnn1-c1ccc(C(F)(F)F)cn1. The first-order valence-electron chi connectivity index (χ1n) is 11.1. The van der Waals surface area contributed by atoms with Crippen molar-refractivity contribution in [1.82, 2.24) is 29.9 Å². The number of hydrogen-bond donors (Lipinski definition) is 1. The van der Waals surface area contributed by atoms with Crippen LogP contribution in [0.15, 0.2) is 48.8 Å². The third kappa shape index (κ3) is 5.63. The number of nitrogens with one attached hydrogen (secondary N) is 1. The van der Waals surface area contributed by atoms with Crippen molar-refractivity contribution in [3.63, 3.8) is 0 Å². The molecule has 2 aromatic heterocycles. The quantitative estimate of drug-likeness (QED) is 0.597. The van der Waals surface area contributed by atoms with Crippen LogP contribution in [0.3, 0.4) is 0 Å². The number of nitrogens with zero attached hydrogens (tertiary/aromatic N) is 5. The number of halogens is 3. The average molecular weight is 473 g/mol. The molecule has 180 valence electrons. The summed E-state index contributed by atoms with van der Waals surface area (Å²) in [6.45, 7) is 7.11. The van der Waals surface area contributed by atoms with Crippen molar-refractivity contribution in [2.45, 2.75) is 26.2 Å². The van der Waals surface area contributed by atoms with E-state index in [2.05, 4.69) is 44.4 Å². The summed E-state index contributed by atoms with van der Waals surface area (Å²) in [4.78, 5) is 21.3. The Kier molecular flexibility index (Phi) is 6.99. The fourth-order valence-corrected chi connectivity index (χ4v) is 3.92. The Hall–Kier alpha value is -3.24. The van der Waals surface area contributed by atoms with E-state index in [1.54, 1.807) is 6.92 Å². The second-order valence-electron chi connectivity index (χ2n) is 8.54. The number of hydrogen-bond acceptors (Lipinski definition) is 5. The highest BCUT2D eigenvalue weighted by molar-refractivity contribution is 5.95. The van der Waals surface area contributed by atoms with E-state index in [1.165, 1.54) is 22.5 Å². The van der Waals surface area contributed by atoms with Gasteiger partial charge in [-0.2, -0.15) is 18.3 Å². The highest BCUT2D eigenvalue weighted by Gasteiger charge is 2.30. The van der Waals surface area contributed by atoms with Gasteiger partial charge in [-0.1, -0.05) is 24.3 Å². The molecule has 1 N–H and O–H groups in total. The summed E-state index contributed by atoms with van der Waals surface area (Å²) in [5.41, 5.74) is 2.20. The fraction of sp³-hybridized carbons (Fsp3) is 0.375. The molecular formula is C24H27F3N6O. The molecular weight excluding hydrogens is 445 g/mol. The van der Waals surface area contributed by atoms with Crippen LogP contribution in [-0.2, 0) is 19.3 Å². The first kappa shape index (κ1) is 23.9. The monoisotopic (exact) mass is 472 g/mol. The zero-order valence-corrected chi connectivity index (χ0v) is 19.1. The highest BCUT2D eigenvalue weighted by atomic mass is 19.4. The third-order valence-electron chi connectivity index (χ3n) is 5.99. The molecule has 7 nitrogen and oxygen atoms in total. The molecule has 1 fully saturated rings. The number of likely N-dealkylation sites (N-methyl/N-ethyl adjacent to an activating group) is 1. The zero-order chi connectivity index (χ0) is 24.3. The minimum absolute atomic E-state index is 0.209. The molecule has 0 saturated carbocycles. The van der Waals surface area contributed by atoms with Crippen molar-refractivity contribution < 1.29 is 18.0 Å². The van der Waals surface area contributed by atoms with Gasteiger partial charge in [0, 0.05) is 45.5 Å². The lowest BCUT2D eigenvalue weighted by atomic mass is 10.1. The molecule has 0 bridgehead atoms. The lowest BCUT2D eigenvalue weighted by Gasteiger charge is -2.32. The van der Waals surface area contributed by atoms with E-state index in [9.17, 15) is 18.0 Å². The summed E-state index contributed by atoms with van der Waals surface area (Å²) in [5, 5.41) is 7.05.